The van der Waals surface area contributed by atoms with E-state index in [1.807, 2.05) is 0 Å². The van der Waals surface area contributed by atoms with E-state index < -0.39 is 6.04 Å². The first-order valence-electron chi connectivity index (χ1n) is 6.64. The summed E-state index contributed by atoms with van der Waals surface area (Å²) < 4.78 is 1.56. The Morgan fingerprint density at radius 2 is 2.09 bits per heavy atom. The zero-order valence-corrected chi connectivity index (χ0v) is 13.5. The summed E-state index contributed by atoms with van der Waals surface area (Å²) in [6.45, 7) is 1.49. The molecular formula is C14H13Cl2N4O2-. The zero-order chi connectivity index (χ0) is 16.0. The summed E-state index contributed by atoms with van der Waals surface area (Å²) in [5.41, 5.74) is 1.15. The smallest absolute Gasteiger partial charge is 0.246 e. The van der Waals surface area contributed by atoms with Crippen molar-refractivity contribution in [3.8, 4) is 0 Å². The van der Waals surface area contributed by atoms with Gasteiger partial charge in [-0.3, -0.25) is 14.4 Å². The van der Waals surface area contributed by atoms with Crippen molar-refractivity contribution in [3.05, 3.63) is 45.2 Å². The fourth-order valence-electron chi connectivity index (χ4n) is 2.54. The molecule has 0 bridgehead atoms. The monoisotopic (exact) mass is 339 g/mol. The van der Waals surface area contributed by atoms with E-state index in [2.05, 4.69) is 5.10 Å². The quantitative estimate of drug-likeness (QED) is 0.799. The fourth-order valence-corrected chi connectivity index (χ4v) is 3.03. The molecule has 1 aliphatic heterocycles. The van der Waals surface area contributed by atoms with Crippen LogP contribution in [0.1, 0.15) is 18.5 Å². The molecule has 0 saturated heterocycles. The Morgan fingerprint density at radius 3 is 2.77 bits per heavy atom. The van der Waals surface area contributed by atoms with Crippen molar-refractivity contribution >= 4 is 40.6 Å². The summed E-state index contributed by atoms with van der Waals surface area (Å²) in [6, 6.07) is 4.40. The maximum absolute atomic E-state index is 12.6. The Morgan fingerprint density at radius 1 is 1.36 bits per heavy atom. The molecule has 0 saturated carbocycles. The number of hydrogen-bond donors (Lipinski definition) is 0. The highest BCUT2D eigenvalue weighted by Gasteiger charge is 2.32. The van der Waals surface area contributed by atoms with E-state index in [0.29, 0.717) is 27.1 Å². The largest absolute Gasteiger partial charge is 0.784 e. The fraction of sp³-hybridized carbons (Fsp3) is 0.286. The number of fused-ring (bicyclic) bond motifs is 1. The predicted octanol–water partition coefficient (Wildman–Crippen LogP) is 3.27. The molecule has 0 N–H and O–H groups in total. The van der Waals surface area contributed by atoms with Crippen LogP contribution in [0.25, 0.3) is 0 Å². The first kappa shape index (κ1) is 15.3. The third-order valence-corrected chi connectivity index (χ3v) is 4.26. The number of hydroxylamine groups is 2. The van der Waals surface area contributed by atoms with Gasteiger partial charge in [0.25, 0.3) is 0 Å². The summed E-state index contributed by atoms with van der Waals surface area (Å²) >= 11 is 12.2. The van der Waals surface area contributed by atoms with Gasteiger partial charge in [-0.1, -0.05) is 23.2 Å². The lowest BCUT2D eigenvalue weighted by Gasteiger charge is -2.31. The maximum atomic E-state index is 12.6. The predicted molar refractivity (Wildman–Crippen MR) is 85.3 cm³/mol. The van der Waals surface area contributed by atoms with Crippen LogP contribution in [0.2, 0.25) is 10.0 Å². The second-order valence-electron chi connectivity index (χ2n) is 5.12. The first-order valence-corrected chi connectivity index (χ1v) is 7.39. The van der Waals surface area contributed by atoms with Gasteiger partial charge >= 0.3 is 0 Å². The number of aryl methyl sites for hydroxylation is 1. The molecule has 0 radical (unpaired) electrons. The van der Waals surface area contributed by atoms with E-state index >= 15 is 0 Å². The molecule has 1 unspecified atom stereocenters. The molecule has 1 aromatic carbocycles. The number of carbonyl (C=O) groups excluding carboxylic acids is 1. The van der Waals surface area contributed by atoms with Crippen molar-refractivity contribution in [2.75, 3.05) is 11.4 Å². The van der Waals surface area contributed by atoms with Crippen LogP contribution < -0.4 is 4.90 Å². The average molecular weight is 340 g/mol. The van der Waals surface area contributed by atoms with Crippen molar-refractivity contribution in [3.63, 3.8) is 0 Å². The lowest BCUT2D eigenvalue weighted by atomic mass is 10.1. The van der Waals surface area contributed by atoms with Gasteiger partial charge in [0.15, 0.2) is 0 Å². The summed E-state index contributed by atoms with van der Waals surface area (Å²) in [5.74, 6) is 0.175. The summed E-state index contributed by atoms with van der Waals surface area (Å²) in [5, 5.41) is 17.8. The molecule has 2 heterocycles. The van der Waals surface area contributed by atoms with Crippen LogP contribution in [-0.4, -0.2) is 27.3 Å². The number of rotatable bonds is 1. The summed E-state index contributed by atoms with van der Waals surface area (Å²) in [4.78, 5) is 14.0. The van der Waals surface area contributed by atoms with E-state index in [-0.39, 0.29) is 12.5 Å². The third kappa shape index (κ3) is 2.38. The Hall–Kier alpha value is -1.60. The Bertz CT molecular complexity index is 746. The topological polar surface area (TPSA) is 64.4 Å². The van der Waals surface area contributed by atoms with Crippen LogP contribution >= 0.6 is 23.2 Å². The number of hydrogen-bond acceptors (Lipinski definition) is 4. The second kappa shape index (κ2) is 5.55. The van der Waals surface area contributed by atoms with Crippen LogP contribution in [0.3, 0.4) is 0 Å². The minimum Gasteiger partial charge on any atom is -0.784 e. The van der Waals surface area contributed by atoms with Gasteiger partial charge in [-0.05, 0) is 25.1 Å². The normalized spacial score (nSPS) is 19.2. The molecule has 6 nitrogen and oxygen atoms in total. The van der Waals surface area contributed by atoms with E-state index in [9.17, 15) is 10.0 Å². The molecule has 0 spiro atoms. The number of carbonyl (C=O) groups is 1. The van der Waals surface area contributed by atoms with E-state index in [1.54, 1.807) is 43.0 Å². The van der Waals surface area contributed by atoms with Crippen molar-refractivity contribution in [2.45, 2.75) is 13.0 Å². The van der Waals surface area contributed by atoms with E-state index in [4.69, 9.17) is 23.2 Å². The minimum atomic E-state index is -0.469. The molecule has 1 aromatic heterocycles. The summed E-state index contributed by atoms with van der Waals surface area (Å²) in [6.07, 6.45) is 1.60. The van der Waals surface area contributed by atoms with Crippen LogP contribution in [0.4, 0.5) is 11.5 Å². The molecule has 8 heteroatoms. The van der Waals surface area contributed by atoms with Gasteiger partial charge in [-0.25, -0.2) is 0 Å². The number of benzene rings is 1. The Balaban J connectivity index is 2.22. The van der Waals surface area contributed by atoms with E-state index in [1.165, 1.54) is 4.90 Å². The first-order chi connectivity index (χ1) is 10.4. The SMILES string of the molecule is CC1c2cnn(C)c2N(c2ccc(Cl)cc2Cl)C(=O)CN1[O-]. The van der Waals surface area contributed by atoms with Gasteiger partial charge in [0.05, 0.1) is 23.5 Å². The zero-order valence-electron chi connectivity index (χ0n) is 12.0. The van der Waals surface area contributed by atoms with Crippen LogP contribution in [0.15, 0.2) is 24.4 Å². The molecule has 0 aliphatic carbocycles. The van der Waals surface area contributed by atoms with Crippen molar-refractivity contribution < 1.29 is 4.79 Å². The highest BCUT2D eigenvalue weighted by atomic mass is 35.5. The van der Waals surface area contributed by atoms with Gasteiger partial charge in [-0.2, -0.15) is 5.10 Å². The standard InChI is InChI=1S/C14H13Cl2N4O2/c1-8-10-6-17-18(2)14(10)20(13(21)7-19(8)22)12-4-3-9(15)5-11(12)16/h3-6,8H,7H2,1-2H3/q-1. The molecule has 0 fully saturated rings. The molecule has 1 aliphatic rings. The Kier molecular flexibility index (Phi) is 3.86. The number of nitrogens with zero attached hydrogens (tertiary/aromatic N) is 4. The summed E-state index contributed by atoms with van der Waals surface area (Å²) in [7, 11) is 1.72. The van der Waals surface area contributed by atoms with E-state index in [0.717, 1.165) is 5.06 Å². The highest BCUT2D eigenvalue weighted by molar-refractivity contribution is 6.37. The van der Waals surface area contributed by atoms with Crippen LogP contribution in [0.5, 0.6) is 0 Å². The molecule has 2 aromatic rings. The van der Waals surface area contributed by atoms with Gasteiger partial charge < -0.3 is 10.3 Å². The number of aromatic nitrogens is 2. The van der Waals surface area contributed by atoms with Gasteiger partial charge in [0.2, 0.25) is 5.91 Å². The van der Waals surface area contributed by atoms with Gasteiger partial charge in [0, 0.05) is 23.7 Å². The maximum Gasteiger partial charge on any atom is 0.246 e. The number of amides is 1. The molecule has 1 atom stereocenters. The Labute approximate surface area is 137 Å². The van der Waals surface area contributed by atoms with Gasteiger partial charge in [-0.15, -0.1) is 0 Å². The molecule has 116 valence electrons. The number of anilines is 2. The third-order valence-electron chi connectivity index (χ3n) is 3.72. The highest BCUT2D eigenvalue weighted by Crippen LogP contribution is 2.40. The van der Waals surface area contributed by atoms with Crippen molar-refractivity contribution in [1.82, 2.24) is 14.8 Å². The second-order valence-corrected chi connectivity index (χ2v) is 5.97. The molecule has 22 heavy (non-hydrogen) atoms. The average Bonchev–Trinajstić information content (AvgIpc) is 2.78. The van der Waals surface area contributed by atoms with Gasteiger partial charge in [0.1, 0.15) is 5.82 Å². The van der Waals surface area contributed by atoms with Crippen LogP contribution in [-0.2, 0) is 11.8 Å². The van der Waals surface area contributed by atoms with Crippen molar-refractivity contribution in [1.29, 1.82) is 0 Å². The molecule has 3 rings (SSSR count). The lowest BCUT2D eigenvalue weighted by Crippen LogP contribution is -2.34. The molecule has 1 amide bonds. The minimum absolute atomic E-state index is 0.255. The van der Waals surface area contributed by atoms with Crippen molar-refractivity contribution in [2.24, 2.45) is 7.05 Å². The molecular weight excluding hydrogens is 327 g/mol. The van der Waals surface area contributed by atoms with Crippen LogP contribution in [0, 0.1) is 5.21 Å². The number of halogens is 2. The lowest BCUT2D eigenvalue weighted by molar-refractivity contribution is -0.118.